The van der Waals surface area contributed by atoms with Gasteiger partial charge in [-0.1, -0.05) is 18.2 Å². The topological polar surface area (TPSA) is 48.0 Å². The van der Waals surface area contributed by atoms with Gasteiger partial charge in [-0.05, 0) is 35.3 Å². The molecule has 1 spiro atoms. The molecule has 210 valence electrons. The standard InChI is InChI=1S/C31H32F3N2O4/c1-38-23-12-21-22(13-24(23)39-2)35-27(37)14-25-28-20-11-26-30(21,29(28)35)8-9-36(26,16-18(20)7-10-40-25)15-17-3-5-19(6-4-17)31(32,33)34/h3-7,12-13,20,25-26,28-29H,8-11,14-16H2,1-2H3/q+1/t20-,25-,26-,28-,29-,30+,36?/m0/s1. The largest absolute Gasteiger partial charge is 0.493 e. The van der Waals surface area contributed by atoms with E-state index in [9.17, 15) is 18.0 Å². The average Bonchev–Trinajstić information content (AvgIpc) is 3.36. The SMILES string of the molecule is COc1cc2c(cc1OC)[C@@]13CC[N+]4(Cc5ccc(C(F)(F)F)cc5)CC5=CCO[C@H]6CC(=O)N2[C@H]1[C@H]6[C@H]5C[C@@H]34. The molecule has 3 saturated heterocycles. The molecule has 2 aromatic rings. The first-order chi connectivity index (χ1) is 19.2. The van der Waals surface area contributed by atoms with E-state index in [0.717, 1.165) is 47.2 Å². The van der Waals surface area contributed by atoms with Gasteiger partial charge in [-0.15, -0.1) is 0 Å². The number of hydrogen-bond acceptors (Lipinski definition) is 4. The molecule has 0 aromatic heterocycles. The first-order valence-corrected chi connectivity index (χ1v) is 14.1. The van der Waals surface area contributed by atoms with Crippen LogP contribution in [-0.4, -0.2) is 62.5 Å². The van der Waals surface area contributed by atoms with Gasteiger partial charge in [0.1, 0.15) is 19.1 Å². The zero-order valence-corrected chi connectivity index (χ0v) is 22.5. The molecular formula is C31H32F3N2O4+. The number of methoxy groups -OCH3 is 2. The van der Waals surface area contributed by atoms with Crippen molar-refractivity contribution < 1.29 is 36.7 Å². The van der Waals surface area contributed by atoms with Crippen LogP contribution < -0.4 is 14.4 Å². The lowest BCUT2D eigenvalue weighted by atomic mass is 9.53. The lowest BCUT2D eigenvalue weighted by Gasteiger charge is -2.60. The first-order valence-electron chi connectivity index (χ1n) is 14.1. The second-order valence-electron chi connectivity index (χ2n) is 12.5. The minimum Gasteiger partial charge on any atom is -0.493 e. The number of amides is 1. The molecule has 2 aromatic carbocycles. The molecule has 40 heavy (non-hydrogen) atoms. The summed E-state index contributed by atoms with van der Waals surface area (Å²) in [7, 11) is 3.25. The van der Waals surface area contributed by atoms with Crippen LogP contribution in [0.1, 0.15) is 36.0 Å². The molecule has 5 heterocycles. The summed E-state index contributed by atoms with van der Waals surface area (Å²) in [6.07, 6.45) is 0.0335. The van der Waals surface area contributed by atoms with E-state index in [-0.39, 0.29) is 35.4 Å². The van der Waals surface area contributed by atoms with E-state index in [0.29, 0.717) is 37.0 Å². The Morgan fingerprint density at radius 3 is 2.60 bits per heavy atom. The quantitative estimate of drug-likeness (QED) is 0.402. The zero-order chi connectivity index (χ0) is 27.6. The highest BCUT2D eigenvalue weighted by Gasteiger charge is 2.76. The van der Waals surface area contributed by atoms with Crippen molar-refractivity contribution in [1.29, 1.82) is 0 Å². The van der Waals surface area contributed by atoms with E-state index in [2.05, 4.69) is 17.0 Å². The molecule has 1 aliphatic carbocycles. The van der Waals surface area contributed by atoms with E-state index in [4.69, 9.17) is 14.2 Å². The minimum atomic E-state index is -4.36. The number of carbonyl (C=O) groups excluding carboxylic acids is 1. The van der Waals surface area contributed by atoms with Crippen molar-refractivity contribution in [2.45, 2.75) is 55.6 Å². The molecule has 8 rings (SSSR count). The van der Waals surface area contributed by atoms with Crippen LogP contribution >= 0.6 is 0 Å². The zero-order valence-electron chi connectivity index (χ0n) is 22.5. The maximum absolute atomic E-state index is 13.9. The van der Waals surface area contributed by atoms with Crippen molar-refractivity contribution in [2.75, 3.05) is 38.8 Å². The van der Waals surface area contributed by atoms with E-state index in [1.807, 2.05) is 6.07 Å². The fourth-order valence-corrected chi connectivity index (χ4v) is 9.72. The van der Waals surface area contributed by atoms with Gasteiger partial charge in [0.15, 0.2) is 11.5 Å². The third-order valence-corrected chi connectivity index (χ3v) is 11.1. The Hall–Kier alpha value is -3.04. The Morgan fingerprint density at radius 2 is 1.88 bits per heavy atom. The summed E-state index contributed by atoms with van der Waals surface area (Å²) >= 11 is 0. The van der Waals surface area contributed by atoms with Crippen molar-refractivity contribution in [3.05, 3.63) is 64.7 Å². The highest BCUT2D eigenvalue weighted by Crippen LogP contribution is 2.68. The molecule has 6 nitrogen and oxygen atoms in total. The van der Waals surface area contributed by atoms with Crippen LogP contribution in [0.4, 0.5) is 18.9 Å². The van der Waals surface area contributed by atoms with Crippen LogP contribution in [0.5, 0.6) is 11.5 Å². The molecule has 5 aliphatic heterocycles. The lowest BCUT2D eigenvalue weighted by Crippen LogP contribution is -2.72. The number of carbonyl (C=O) groups is 1. The summed E-state index contributed by atoms with van der Waals surface area (Å²) in [6, 6.07) is 9.97. The molecule has 1 amide bonds. The van der Waals surface area contributed by atoms with Gasteiger partial charge in [-0.3, -0.25) is 4.79 Å². The number of quaternary nitrogens is 1. The fourth-order valence-electron chi connectivity index (χ4n) is 9.72. The molecule has 7 atom stereocenters. The number of ether oxygens (including phenoxy) is 3. The van der Waals surface area contributed by atoms with E-state index >= 15 is 0 Å². The van der Waals surface area contributed by atoms with Gasteiger partial charge >= 0.3 is 6.18 Å². The summed E-state index contributed by atoms with van der Waals surface area (Å²) in [5.41, 5.74) is 3.47. The van der Waals surface area contributed by atoms with Gasteiger partial charge in [0.05, 0.1) is 62.6 Å². The van der Waals surface area contributed by atoms with E-state index < -0.39 is 11.7 Å². The highest BCUT2D eigenvalue weighted by atomic mass is 19.4. The Labute approximate surface area is 230 Å². The molecule has 1 unspecified atom stereocenters. The monoisotopic (exact) mass is 553 g/mol. The van der Waals surface area contributed by atoms with Gasteiger partial charge in [-0.25, -0.2) is 0 Å². The predicted molar refractivity (Wildman–Crippen MR) is 140 cm³/mol. The number of anilines is 1. The number of benzene rings is 2. The highest BCUT2D eigenvalue weighted by molar-refractivity contribution is 5.99. The summed E-state index contributed by atoms with van der Waals surface area (Å²) < 4.78 is 58.5. The number of rotatable bonds is 4. The molecule has 4 fully saturated rings. The van der Waals surface area contributed by atoms with Crippen molar-refractivity contribution in [2.24, 2.45) is 11.8 Å². The number of hydrogen-bond donors (Lipinski definition) is 0. The van der Waals surface area contributed by atoms with Gasteiger partial charge < -0.3 is 23.6 Å². The first kappa shape index (κ1) is 24.7. The van der Waals surface area contributed by atoms with Crippen molar-refractivity contribution in [3.63, 3.8) is 0 Å². The number of halogens is 3. The van der Waals surface area contributed by atoms with E-state index in [1.54, 1.807) is 26.4 Å². The lowest BCUT2D eigenvalue weighted by molar-refractivity contribution is -0.955. The van der Waals surface area contributed by atoms with E-state index in [1.165, 1.54) is 17.7 Å². The van der Waals surface area contributed by atoms with Crippen LogP contribution in [0, 0.1) is 11.8 Å². The third kappa shape index (κ3) is 3.00. The summed E-state index contributed by atoms with van der Waals surface area (Å²) in [5.74, 6) is 1.89. The van der Waals surface area contributed by atoms with Crippen LogP contribution in [0.15, 0.2) is 48.0 Å². The van der Waals surface area contributed by atoms with Crippen molar-refractivity contribution >= 4 is 11.6 Å². The fraction of sp³-hybridized carbons (Fsp3) is 0.516. The molecule has 0 radical (unpaired) electrons. The van der Waals surface area contributed by atoms with Crippen LogP contribution in [0.3, 0.4) is 0 Å². The second kappa shape index (κ2) is 8.03. The van der Waals surface area contributed by atoms with Gasteiger partial charge in [0.2, 0.25) is 5.91 Å². The summed E-state index contributed by atoms with van der Waals surface area (Å²) in [6.45, 7) is 2.93. The van der Waals surface area contributed by atoms with Crippen LogP contribution in [0.25, 0.3) is 0 Å². The number of fused-ring (bicyclic) bond motifs is 2. The molecule has 9 heteroatoms. The maximum Gasteiger partial charge on any atom is 0.416 e. The molecule has 2 bridgehead atoms. The Kier molecular flexibility index (Phi) is 4.97. The molecular weight excluding hydrogens is 521 g/mol. The van der Waals surface area contributed by atoms with Gasteiger partial charge in [-0.2, -0.15) is 13.2 Å². The summed E-state index contributed by atoms with van der Waals surface area (Å²) in [5, 5.41) is 0. The average molecular weight is 554 g/mol. The Balaban J connectivity index is 1.31. The van der Waals surface area contributed by atoms with Crippen molar-refractivity contribution in [3.8, 4) is 11.5 Å². The van der Waals surface area contributed by atoms with Crippen LogP contribution in [-0.2, 0) is 27.7 Å². The predicted octanol–water partition coefficient (Wildman–Crippen LogP) is 4.84. The molecule has 6 aliphatic rings. The number of alkyl halides is 3. The minimum absolute atomic E-state index is 0.0243. The second-order valence-corrected chi connectivity index (χ2v) is 12.5. The smallest absolute Gasteiger partial charge is 0.416 e. The third-order valence-electron chi connectivity index (χ3n) is 11.1. The number of nitrogens with zero attached hydrogens (tertiary/aromatic N) is 2. The van der Waals surface area contributed by atoms with Crippen molar-refractivity contribution in [1.82, 2.24) is 0 Å². The Bertz CT molecular complexity index is 1460. The van der Waals surface area contributed by atoms with Gasteiger partial charge in [0.25, 0.3) is 0 Å². The Morgan fingerprint density at radius 1 is 1.12 bits per heavy atom. The number of piperidine rings is 2. The van der Waals surface area contributed by atoms with Gasteiger partial charge in [0, 0.05) is 30.4 Å². The molecule has 1 saturated carbocycles. The summed E-state index contributed by atoms with van der Waals surface area (Å²) in [4.78, 5) is 15.9. The van der Waals surface area contributed by atoms with Crippen LogP contribution in [0.2, 0.25) is 0 Å². The normalized spacial score (nSPS) is 36.6. The maximum atomic E-state index is 13.9. The molecule has 0 N–H and O–H groups in total.